The molecule has 0 heterocycles. The molecule has 0 aliphatic heterocycles. The molecule has 2 rings (SSSR count). The maximum Gasteiger partial charge on any atom is 0.253 e. The first-order valence-corrected chi connectivity index (χ1v) is 8.23. The number of benzene rings is 2. The average Bonchev–Trinajstić information content (AvgIpc) is 2.51. The van der Waals surface area contributed by atoms with E-state index < -0.39 is 0 Å². The van der Waals surface area contributed by atoms with E-state index >= 15 is 0 Å². The highest BCUT2D eigenvalue weighted by Crippen LogP contribution is 2.21. The summed E-state index contributed by atoms with van der Waals surface area (Å²) in [6, 6.07) is 18.3. The van der Waals surface area contributed by atoms with Gasteiger partial charge in [-0.25, -0.2) is 0 Å². The Morgan fingerprint density at radius 3 is 2.26 bits per heavy atom. The van der Waals surface area contributed by atoms with E-state index in [9.17, 15) is 4.79 Å². The summed E-state index contributed by atoms with van der Waals surface area (Å²) in [4.78, 5) is 14.4. The van der Waals surface area contributed by atoms with Gasteiger partial charge in [-0.1, -0.05) is 63.2 Å². The summed E-state index contributed by atoms with van der Waals surface area (Å²) in [5, 5.41) is 0. The van der Waals surface area contributed by atoms with Crippen LogP contribution in [0.5, 0.6) is 0 Å². The molecule has 23 heavy (non-hydrogen) atoms. The number of likely N-dealkylation sites (N-methyl/N-ethyl adjacent to an activating group) is 1. The van der Waals surface area contributed by atoms with Gasteiger partial charge in [0.2, 0.25) is 0 Å². The molecule has 2 aromatic carbocycles. The van der Waals surface area contributed by atoms with E-state index in [4.69, 9.17) is 0 Å². The molecule has 2 nitrogen and oxygen atoms in total. The SMILES string of the molecule is CN(CCc1ccccc1)C(=O)c1cccc(CC(C)(C)C)c1. The molecule has 0 saturated heterocycles. The van der Waals surface area contributed by atoms with Gasteiger partial charge in [0, 0.05) is 19.2 Å². The third-order valence-electron chi connectivity index (χ3n) is 3.83. The van der Waals surface area contributed by atoms with Crippen LogP contribution in [-0.4, -0.2) is 24.4 Å². The zero-order chi connectivity index (χ0) is 16.9. The predicted molar refractivity (Wildman–Crippen MR) is 96.7 cm³/mol. The number of carbonyl (C=O) groups excluding carboxylic acids is 1. The maximum absolute atomic E-state index is 12.6. The van der Waals surface area contributed by atoms with Crippen LogP contribution in [0.25, 0.3) is 0 Å². The highest BCUT2D eigenvalue weighted by molar-refractivity contribution is 5.94. The van der Waals surface area contributed by atoms with Gasteiger partial charge in [-0.2, -0.15) is 0 Å². The van der Waals surface area contributed by atoms with Crippen LogP contribution >= 0.6 is 0 Å². The van der Waals surface area contributed by atoms with E-state index in [2.05, 4.69) is 39.0 Å². The average molecular weight is 309 g/mol. The van der Waals surface area contributed by atoms with E-state index in [0.29, 0.717) is 0 Å². The van der Waals surface area contributed by atoms with Crippen LogP contribution in [0.1, 0.15) is 42.3 Å². The number of nitrogens with zero attached hydrogens (tertiary/aromatic N) is 1. The smallest absolute Gasteiger partial charge is 0.253 e. The molecule has 0 spiro atoms. The molecule has 1 amide bonds. The van der Waals surface area contributed by atoms with Crippen molar-refractivity contribution in [3.63, 3.8) is 0 Å². The lowest BCUT2D eigenvalue weighted by atomic mass is 9.87. The molecule has 0 aliphatic rings. The Labute approximate surface area is 140 Å². The van der Waals surface area contributed by atoms with Crippen molar-refractivity contribution in [1.29, 1.82) is 0 Å². The van der Waals surface area contributed by atoms with Gasteiger partial charge in [0.25, 0.3) is 5.91 Å². The second-order valence-corrected chi connectivity index (χ2v) is 7.40. The lowest BCUT2D eigenvalue weighted by Crippen LogP contribution is -2.29. The maximum atomic E-state index is 12.6. The largest absolute Gasteiger partial charge is 0.341 e. The Hall–Kier alpha value is -2.09. The first-order chi connectivity index (χ1) is 10.8. The van der Waals surface area contributed by atoms with Gasteiger partial charge < -0.3 is 4.90 Å². The highest BCUT2D eigenvalue weighted by atomic mass is 16.2. The number of amides is 1. The molecule has 2 heteroatoms. The van der Waals surface area contributed by atoms with Gasteiger partial charge in [0.15, 0.2) is 0 Å². The van der Waals surface area contributed by atoms with E-state index in [1.165, 1.54) is 11.1 Å². The van der Waals surface area contributed by atoms with Crippen LogP contribution in [0.15, 0.2) is 54.6 Å². The Bertz CT molecular complexity index is 640. The van der Waals surface area contributed by atoms with Crippen molar-refractivity contribution >= 4 is 5.91 Å². The molecule has 122 valence electrons. The van der Waals surface area contributed by atoms with Crippen LogP contribution in [0.2, 0.25) is 0 Å². The summed E-state index contributed by atoms with van der Waals surface area (Å²) in [6.45, 7) is 7.38. The van der Waals surface area contributed by atoms with Crippen LogP contribution in [-0.2, 0) is 12.8 Å². The van der Waals surface area contributed by atoms with Crippen LogP contribution in [0.4, 0.5) is 0 Å². The summed E-state index contributed by atoms with van der Waals surface area (Å²) in [7, 11) is 1.88. The molecular formula is C21H27NO. The standard InChI is InChI=1S/C21H27NO/c1-21(2,3)16-18-11-8-12-19(15-18)20(23)22(4)14-13-17-9-6-5-7-10-17/h5-12,15H,13-14,16H2,1-4H3. The molecule has 0 aromatic heterocycles. The first-order valence-electron chi connectivity index (χ1n) is 8.23. The summed E-state index contributed by atoms with van der Waals surface area (Å²) in [6.07, 6.45) is 1.85. The van der Waals surface area contributed by atoms with Gasteiger partial charge in [-0.05, 0) is 41.5 Å². The molecule has 0 atom stereocenters. The number of hydrogen-bond donors (Lipinski definition) is 0. The molecule has 0 saturated carbocycles. The molecule has 0 bridgehead atoms. The van der Waals surface area contributed by atoms with Crippen molar-refractivity contribution in [1.82, 2.24) is 4.90 Å². The lowest BCUT2D eigenvalue weighted by molar-refractivity contribution is 0.0796. The minimum Gasteiger partial charge on any atom is -0.341 e. The minimum absolute atomic E-state index is 0.0942. The lowest BCUT2D eigenvalue weighted by Gasteiger charge is -2.20. The van der Waals surface area contributed by atoms with Crippen molar-refractivity contribution in [2.45, 2.75) is 33.6 Å². The molecule has 0 aliphatic carbocycles. The monoisotopic (exact) mass is 309 g/mol. The Kier molecular flexibility index (Phi) is 5.59. The number of rotatable bonds is 5. The van der Waals surface area contributed by atoms with Gasteiger partial charge in [-0.15, -0.1) is 0 Å². The van der Waals surface area contributed by atoms with Crippen molar-refractivity contribution < 1.29 is 4.79 Å². The number of carbonyl (C=O) groups is 1. The summed E-state index contributed by atoms with van der Waals surface area (Å²) >= 11 is 0. The third-order valence-corrected chi connectivity index (χ3v) is 3.83. The first kappa shape index (κ1) is 17.3. The van der Waals surface area contributed by atoms with Crippen molar-refractivity contribution in [2.24, 2.45) is 5.41 Å². The summed E-state index contributed by atoms with van der Waals surface area (Å²) in [5.74, 6) is 0.0942. The quantitative estimate of drug-likeness (QED) is 0.791. The Morgan fingerprint density at radius 1 is 0.957 bits per heavy atom. The number of hydrogen-bond acceptors (Lipinski definition) is 1. The van der Waals surface area contributed by atoms with E-state index in [0.717, 1.165) is 24.9 Å². The van der Waals surface area contributed by atoms with Crippen LogP contribution < -0.4 is 0 Å². The van der Waals surface area contributed by atoms with Crippen molar-refractivity contribution in [3.8, 4) is 0 Å². The molecule has 0 fully saturated rings. The zero-order valence-electron chi connectivity index (χ0n) is 14.7. The normalized spacial score (nSPS) is 11.3. The summed E-state index contributed by atoms with van der Waals surface area (Å²) < 4.78 is 0. The fourth-order valence-corrected chi connectivity index (χ4v) is 2.69. The Balaban J connectivity index is 2.00. The molecule has 2 aromatic rings. The topological polar surface area (TPSA) is 20.3 Å². The van der Waals surface area contributed by atoms with Gasteiger partial charge in [0.1, 0.15) is 0 Å². The van der Waals surface area contributed by atoms with E-state index in [-0.39, 0.29) is 11.3 Å². The second kappa shape index (κ2) is 7.45. The van der Waals surface area contributed by atoms with E-state index in [1.807, 2.05) is 48.3 Å². The van der Waals surface area contributed by atoms with Gasteiger partial charge >= 0.3 is 0 Å². The van der Waals surface area contributed by atoms with Crippen LogP contribution in [0, 0.1) is 5.41 Å². The molecule has 0 unspecified atom stereocenters. The van der Waals surface area contributed by atoms with Crippen LogP contribution in [0.3, 0.4) is 0 Å². The highest BCUT2D eigenvalue weighted by Gasteiger charge is 2.15. The predicted octanol–water partition coefficient (Wildman–Crippen LogP) is 4.59. The molecule has 0 radical (unpaired) electrons. The third kappa shape index (κ3) is 5.55. The fraction of sp³-hybridized carbons (Fsp3) is 0.381. The Morgan fingerprint density at radius 2 is 1.61 bits per heavy atom. The molecule has 0 N–H and O–H groups in total. The van der Waals surface area contributed by atoms with Gasteiger partial charge in [-0.3, -0.25) is 4.79 Å². The van der Waals surface area contributed by atoms with Gasteiger partial charge in [0.05, 0.1) is 0 Å². The zero-order valence-corrected chi connectivity index (χ0v) is 14.7. The fourth-order valence-electron chi connectivity index (χ4n) is 2.69. The minimum atomic E-state index is 0.0942. The van der Waals surface area contributed by atoms with Crippen molar-refractivity contribution in [2.75, 3.05) is 13.6 Å². The molecular weight excluding hydrogens is 282 g/mol. The second-order valence-electron chi connectivity index (χ2n) is 7.40. The van der Waals surface area contributed by atoms with Crippen molar-refractivity contribution in [3.05, 3.63) is 71.3 Å². The van der Waals surface area contributed by atoms with E-state index in [1.54, 1.807) is 0 Å². The summed E-state index contributed by atoms with van der Waals surface area (Å²) in [5.41, 5.74) is 3.48.